The second-order valence-corrected chi connectivity index (χ2v) is 8.72. The first-order valence-electron chi connectivity index (χ1n) is 9.98. The molecular formula is C21H37ClN2O2S. The lowest BCUT2D eigenvalue weighted by molar-refractivity contribution is -0.919. The van der Waals surface area contributed by atoms with E-state index in [-0.39, 0.29) is 17.3 Å². The number of allylic oxidation sites excluding steroid dienone is 1. The van der Waals surface area contributed by atoms with Crippen molar-refractivity contribution in [2.75, 3.05) is 26.2 Å². The SMILES string of the molecule is CCCCCCC[N+](CC)(CC)CC=CCc1ccc(S(N)(=O)=O)cc1.[Cl-]. The molecule has 0 saturated carbocycles. The van der Waals surface area contributed by atoms with Crippen molar-refractivity contribution in [1.82, 2.24) is 0 Å². The molecule has 1 aromatic carbocycles. The first kappa shape index (κ1) is 26.1. The summed E-state index contributed by atoms with van der Waals surface area (Å²) in [6.45, 7) is 11.5. The Morgan fingerprint density at radius 3 is 2.04 bits per heavy atom. The van der Waals surface area contributed by atoms with Crippen molar-refractivity contribution in [2.45, 2.75) is 64.2 Å². The van der Waals surface area contributed by atoms with E-state index < -0.39 is 10.0 Å². The molecule has 0 bridgehead atoms. The highest BCUT2D eigenvalue weighted by molar-refractivity contribution is 7.89. The summed E-state index contributed by atoms with van der Waals surface area (Å²) in [6.07, 6.45) is 11.9. The quantitative estimate of drug-likeness (QED) is 0.299. The molecule has 0 saturated heterocycles. The van der Waals surface area contributed by atoms with Crippen LogP contribution in [-0.2, 0) is 16.4 Å². The first-order valence-corrected chi connectivity index (χ1v) is 11.5. The van der Waals surface area contributed by atoms with Gasteiger partial charge in [-0.05, 0) is 56.9 Å². The molecule has 4 nitrogen and oxygen atoms in total. The van der Waals surface area contributed by atoms with Crippen LogP contribution in [-0.4, -0.2) is 39.1 Å². The number of nitrogens with zero attached hydrogens (tertiary/aromatic N) is 1. The van der Waals surface area contributed by atoms with Gasteiger partial charge in [0.1, 0.15) is 0 Å². The fraction of sp³-hybridized carbons (Fsp3) is 0.619. The lowest BCUT2D eigenvalue weighted by Gasteiger charge is -2.36. The topological polar surface area (TPSA) is 60.2 Å². The van der Waals surface area contributed by atoms with Gasteiger partial charge in [-0.3, -0.25) is 0 Å². The Kier molecular flexibility index (Phi) is 12.9. The maximum atomic E-state index is 11.3. The van der Waals surface area contributed by atoms with Gasteiger partial charge in [-0.1, -0.05) is 44.4 Å². The summed E-state index contributed by atoms with van der Waals surface area (Å²) in [6, 6.07) is 6.82. The number of likely N-dealkylation sites (N-methyl/N-ethyl adjacent to an activating group) is 1. The number of hydrogen-bond acceptors (Lipinski definition) is 2. The Balaban J connectivity index is 0.00000676. The van der Waals surface area contributed by atoms with Gasteiger partial charge in [0.25, 0.3) is 0 Å². The largest absolute Gasteiger partial charge is 1.00 e. The third kappa shape index (κ3) is 9.74. The predicted molar refractivity (Wildman–Crippen MR) is 110 cm³/mol. The number of nitrogens with two attached hydrogens (primary N) is 1. The van der Waals surface area contributed by atoms with Gasteiger partial charge in [-0.15, -0.1) is 0 Å². The number of quaternary nitrogens is 1. The maximum Gasteiger partial charge on any atom is 0.238 e. The zero-order chi connectivity index (χ0) is 19.5. The van der Waals surface area contributed by atoms with Gasteiger partial charge < -0.3 is 16.9 Å². The third-order valence-corrected chi connectivity index (χ3v) is 6.27. The molecule has 0 radical (unpaired) electrons. The minimum absolute atomic E-state index is 0. The molecule has 156 valence electrons. The van der Waals surface area contributed by atoms with Crippen LogP contribution >= 0.6 is 0 Å². The van der Waals surface area contributed by atoms with Crippen LogP contribution in [0.2, 0.25) is 0 Å². The lowest BCUT2D eigenvalue weighted by Crippen LogP contribution is -3.00. The molecule has 0 heterocycles. The van der Waals surface area contributed by atoms with Crippen molar-refractivity contribution in [3.8, 4) is 0 Å². The molecular weight excluding hydrogens is 380 g/mol. The number of halogens is 1. The molecule has 1 rings (SSSR count). The number of unbranched alkanes of at least 4 members (excludes halogenated alkanes) is 4. The van der Waals surface area contributed by atoms with E-state index in [4.69, 9.17) is 5.14 Å². The molecule has 0 aromatic heterocycles. The minimum Gasteiger partial charge on any atom is -1.00 e. The molecule has 0 unspecified atom stereocenters. The van der Waals surface area contributed by atoms with Gasteiger partial charge in [0.15, 0.2) is 0 Å². The molecule has 0 aliphatic rings. The zero-order valence-electron chi connectivity index (χ0n) is 17.2. The fourth-order valence-electron chi connectivity index (χ4n) is 3.27. The monoisotopic (exact) mass is 416 g/mol. The second kappa shape index (κ2) is 13.3. The number of hydrogen-bond donors (Lipinski definition) is 1. The highest BCUT2D eigenvalue weighted by Gasteiger charge is 2.20. The molecule has 0 atom stereocenters. The summed E-state index contributed by atoms with van der Waals surface area (Å²) >= 11 is 0. The smallest absolute Gasteiger partial charge is 0.238 e. The molecule has 6 heteroatoms. The van der Waals surface area contributed by atoms with Crippen molar-refractivity contribution in [1.29, 1.82) is 0 Å². The summed E-state index contributed by atoms with van der Waals surface area (Å²) in [7, 11) is -3.61. The van der Waals surface area contributed by atoms with E-state index in [0.717, 1.165) is 36.1 Å². The van der Waals surface area contributed by atoms with E-state index in [9.17, 15) is 8.42 Å². The number of benzene rings is 1. The molecule has 0 fully saturated rings. The second-order valence-electron chi connectivity index (χ2n) is 7.16. The van der Waals surface area contributed by atoms with Gasteiger partial charge in [0, 0.05) is 0 Å². The van der Waals surface area contributed by atoms with E-state index in [1.165, 1.54) is 38.6 Å². The number of primary sulfonamides is 1. The van der Waals surface area contributed by atoms with Crippen LogP contribution < -0.4 is 17.5 Å². The van der Waals surface area contributed by atoms with Crippen LogP contribution in [0.4, 0.5) is 0 Å². The van der Waals surface area contributed by atoms with Crippen LogP contribution in [0.25, 0.3) is 0 Å². The third-order valence-electron chi connectivity index (χ3n) is 5.34. The zero-order valence-corrected chi connectivity index (χ0v) is 18.7. The normalized spacial score (nSPS) is 12.3. The highest BCUT2D eigenvalue weighted by atomic mass is 35.5. The van der Waals surface area contributed by atoms with Crippen molar-refractivity contribution in [3.05, 3.63) is 42.0 Å². The Morgan fingerprint density at radius 2 is 1.52 bits per heavy atom. The Labute approximate surface area is 172 Å². The Morgan fingerprint density at radius 1 is 0.926 bits per heavy atom. The van der Waals surface area contributed by atoms with Gasteiger partial charge >= 0.3 is 0 Å². The van der Waals surface area contributed by atoms with Crippen LogP contribution in [0.1, 0.15) is 58.4 Å². The Hall–Kier alpha value is -0.880. The summed E-state index contributed by atoms with van der Waals surface area (Å²) in [5, 5.41) is 5.13. The maximum absolute atomic E-state index is 11.3. The highest BCUT2D eigenvalue weighted by Crippen LogP contribution is 2.13. The standard InChI is InChI=1S/C21H37N2O2S.ClH/c1-4-7-8-9-11-18-23(5-2,6-3)19-12-10-13-20-14-16-21(17-15-20)26(22,24)25;/h10,12,14-17H,4-9,11,13,18-19H2,1-3H3,(H2,22,24,25);1H/q+1;/p-1. The van der Waals surface area contributed by atoms with Gasteiger partial charge in [0.05, 0.1) is 31.1 Å². The number of rotatable bonds is 13. The van der Waals surface area contributed by atoms with E-state index in [1.807, 2.05) is 12.1 Å². The molecule has 0 aliphatic carbocycles. The average Bonchev–Trinajstić information content (AvgIpc) is 2.63. The van der Waals surface area contributed by atoms with Crippen LogP contribution in [0.15, 0.2) is 41.3 Å². The van der Waals surface area contributed by atoms with E-state index >= 15 is 0 Å². The van der Waals surface area contributed by atoms with Crippen molar-refractivity contribution in [2.24, 2.45) is 5.14 Å². The fourth-order valence-corrected chi connectivity index (χ4v) is 3.79. The van der Waals surface area contributed by atoms with Crippen LogP contribution in [0.5, 0.6) is 0 Å². The first-order chi connectivity index (χ1) is 12.4. The number of sulfonamides is 1. The van der Waals surface area contributed by atoms with E-state index in [2.05, 4.69) is 32.9 Å². The minimum atomic E-state index is -3.61. The van der Waals surface area contributed by atoms with Crippen LogP contribution in [0.3, 0.4) is 0 Å². The molecule has 27 heavy (non-hydrogen) atoms. The molecule has 2 N–H and O–H groups in total. The molecule has 0 amide bonds. The molecule has 1 aromatic rings. The Bertz CT molecular complexity index is 639. The summed E-state index contributed by atoms with van der Waals surface area (Å²) in [5.74, 6) is 0. The van der Waals surface area contributed by atoms with E-state index in [0.29, 0.717) is 0 Å². The van der Waals surface area contributed by atoms with Crippen molar-refractivity contribution < 1.29 is 25.3 Å². The summed E-state index contributed by atoms with van der Waals surface area (Å²) < 4.78 is 23.7. The van der Waals surface area contributed by atoms with Crippen LogP contribution in [0, 0.1) is 0 Å². The van der Waals surface area contributed by atoms with Gasteiger partial charge in [-0.25, -0.2) is 13.6 Å². The molecule has 0 spiro atoms. The van der Waals surface area contributed by atoms with Gasteiger partial charge in [-0.2, -0.15) is 0 Å². The summed E-state index contributed by atoms with van der Waals surface area (Å²) in [4.78, 5) is 0.168. The van der Waals surface area contributed by atoms with Crippen molar-refractivity contribution >= 4 is 10.0 Å². The predicted octanol–water partition coefficient (Wildman–Crippen LogP) is 1.26. The lowest BCUT2D eigenvalue weighted by atomic mass is 10.1. The van der Waals surface area contributed by atoms with Gasteiger partial charge in [0.2, 0.25) is 10.0 Å². The average molecular weight is 417 g/mol. The van der Waals surface area contributed by atoms with Crippen molar-refractivity contribution in [3.63, 3.8) is 0 Å². The van der Waals surface area contributed by atoms with E-state index in [1.54, 1.807) is 12.1 Å². The molecule has 0 aliphatic heterocycles. The summed E-state index contributed by atoms with van der Waals surface area (Å²) in [5.41, 5.74) is 1.10.